The third-order valence-electron chi connectivity index (χ3n) is 7.71. The summed E-state index contributed by atoms with van der Waals surface area (Å²) >= 11 is 0. The molecule has 0 atom stereocenters. The van der Waals surface area contributed by atoms with Gasteiger partial charge in [0, 0.05) is 10.2 Å². The molecule has 0 spiro atoms. The minimum absolute atomic E-state index is 1.38. The second-order valence-electron chi connectivity index (χ2n) is 11.3. The lowest BCUT2D eigenvalue weighted by molar-refractivity contribution is 0.513. The molecule has 0 amide bonds. The lowest BCUT2D eigenvalue weighted by Crippen LogP contribution is -1.85. The predicted molar refractivity (Wildman–Crippen MR) is 159 cm³/mol. The van der Waals surface area contributed by atoms with E-state index in [1.54, 1.807) is 0 Å². The maximum atomic E-state index is 2.31. The first-order valence-electron chi connectivity index (χ1n) is 16.4. The summed E-state index contributed by atoms with van der Waals surface area (Å²) in [4.78, 5) is 0. The first-order chi connectivity index (χ1) is 16.4. The molecule has 0 fully saturated rings. The van der Waals surface area contributed by atoms with Crippen LogP contribution in [0.4, 0.5) is 0 Å². The highest BCUT2D eigenvalue weighted by molar-refractivity contribution is 6.08. The molecule has 0 heterocycles. The lowest BCUT2D eigenvalue weighted by Gasteiger charge is -2.04. The maximum absolute atomic E-state index is 2.31. The van der Waals surface area contributed by atoms with Crippen molar-refractivity contribution in [2.75, 3.05) is 0 Å². The molecule has 0 aromatic carbocycles. The van der Waals surface area contributed by atoms with Crippen LogP contribution < -0.4 is 0 Å². The van der Waals surface area contributed by atoms with Crippen LogP contribution in [0.15, 0.2) is 0 Å². The van der Waals surface area contributed by atoms with E-state index >= 15 is 0 Å². The molecule has 0 radical (unpaired) electrons. The smallest absolute Gasteiger partial charge is 0.00279 e. The Kier molecular flexibility index (Phi) is 32.4. The van der Waals surface area contributed by atoms with Crippen molar-refractivity contribution in [3.05, 3.63) is 0 Å². The van der Waals surface area contributed by atoms with Gasteiger partial charge in [-0.3, -0.25) is 0 Å². The normalized spacial score (nSPS) is 11.5. The Morgan fingerprint density at radius 2 is 0.394 bits per heavy atom. The van der Waals surface area contributed by atoms with Crippen LogP contribution in [0.5, 0.6) is 0 Å². The van der Waals surface area contributed by atoms with Crippen molar-refractivity contribution in [1.29, 1.82) is 0 Å². The molecule has 0 aliphatic heterocycles. The van der Waals surface area contributed by atoms with Crippen molar-refractivity contribution < 1.29 is 0 Å². The quantitative estimate of drug-likeness (QED) is 0.0708. The highest BCUT2D eigenvalue weighted by Gasteiger charge is 1.96. The second-order valence-corrected chi connectivity index (χ2v) is 12.3. The van der Waals surface area contributed by atoms with E-state index in [0.29, 0.717) is 0 Å². The Hall–Kier alpha value is 0.217. The number of hydrogen-bond donors (Lipinski definition) is 0. The van der Waals surface area contributed by atoms with E-state index in [1.807, 2.05) is 0 Å². The fourth-order valence-electron chi connectivity index (χ4n) is 5.27. The van der Waals surface area contributed by atoms with Crippen molar-refractivity contribution >= 4 is 10.2 Å². The van der Waals surface area contributed by atoms with Gasteiger partial charge in [-0.25, -0.2) is 0 Å². The molecule has 0 bridgehead atoms. The highest BCUT2D eigenvalue weighted by Crippen LogP contribution is 2.16. The third kappa shape index (κ3) is 32.2. The third-order valence-corrected chi connectivity index (χ3v) is 8.41. The SMILES string of the molecule is CCCCCCCCCCCCCCCCCCCCCCCCCCCCCCCC[SiH3]. The highest BCUT2D eigenvalue weighted by atomic mass is 28.1. The van der Waals surface area contributed by atoms with Crippen LogP contribution in [0.2, 0.25) is 6.04 Å². The van der Waals surface area contributed by atoms with Gasteiger partial charge < -0.3 is 0 Å². The summed E-state index contributed by atoms with van der Waals surface area (Å²) < 4.78 is 0. The summed E-state index contributed by atoms with van der Waals surface area (Å²) in [5.41, 5.74) is 0. The Bertz CT molecular complexity index is 284. The van der Waals surface area contributed by atoms with Crippen LogP contribution in [-0.4, -0.2) is 10.2 Å². The maximum Gasteiger partial charge on any atom is 0.00279 e. The molecule has 0 rings (SSSR count). The molecule has 200 valence electrons. The molecular formula is C32H68Si. The second kappa shape index (κ2) is 32.2. The zero-order valence-electron chi connectivity index (χ0n) is 23.9. The predicted octanol–water partition coefficient (Wildman–Crippen LogP) is 11.5. The van der Waals surface area contributed by atoms with Crippen LogP contribution in [0, 0.1) is 0 Å². The molecule has 33 heavy (non-hydrogen) atoms. The molecule has 0 aromatic rings. The van der Waals surface area contributed by atoms with E-state index in [-0.39, 0.29) is 0 Å². The topological polar surface area (TPSA) is 0 Å². The van der Waals surface area contributed by atoms with E-state index in [1.165, 1.54) is 209 Å². The van der Waals surface area contributed by atoms with Crippen molar-refractivity contribution in [2.24, 2.45) is 0 Å². The van der Waals surface area contributed by atoms with Gasteiger partial charge in [-0.05, 0) is 0 Å². The van der Waals surface area contributed by atoms with Gasteiger partial charge in [0.25, 0.3) is 0 Å². The summed E-state index contributed by atoms with van der Waals surface area (Å²) in [5.74, 6) is 0. The van der Waals surface area contributed by atoms with Gasteiger partial charge in [-0.2, -0.15) is 0 Å². The summed E-state index contributed by atoms with van der Waals surface area (Å²) in [5, 5.41) is 0. The molecule has 0 saturated carbocycles. The van der Waals surface area contributed by atoms with Crippen molar-refractivity contribution in [3.63, 3.8) is 0 Å². The van der Waals surface area contributed by atoms with Crippen molar-refractivity contribution in [1.82, 2.24) is 0 Å². The average molecular weight is 481 g/mol. The molecule has 0 aliphatic rings. The largest absolute Gasteiger partial charge is 0.0658 e. The van der Waals surface area contributed by atoms with Gasteiger partial charge in [0.15, 0.2) is 0 Å². The van der Waals surface area contributed by atoms with Gasteiger partial charge in [-0.1, -0.05) is 206 Å². The number of hydrogen-bond acceptors (Lipinski definition) is 0. The Balaban J connectivity index is 2.99. The van der Waals surface area contributed by atoms with Gasteiger partial charge in [0.2, 0.25) is 0 Å². The molecular weight excluding hydrogens is 412 g/mol. The molecule has 0 aromatic heterocycles. The molecule has 0 aliphatic carbocycles. The van der Waals surface area contributed by atoms with E-state index in [4.69, 9.17) is 0 Å². The summed E-state index contributed by atoms with van der Waals surface area (Å²) in [7, 11) is 1.41. The Morgan fingerprint density at radius 1 is 0.242 bits per heavy atom. The first-order valence-corrected chi connectivity index (χ1v) is 17.8. The van der Waals surface area contributed by atoms with E-state index in [9.17, 15) is 0 Å². The molecule has 0 saturated heterocycles. The van der Waals surface area contributed by atoms with Crippen LogP contribution in [0.25, 0.3) is 0 Å². The van der Waals surface area contributed by atoms with Gasteiger partial charge in [0.05, 0.1) is 0 Å². The van der Waals surface area contributed by atoms with Gasteiger partial charge >= 0.3 is 0 Å². The van der Waals surface area contributed by atoms with Crippen molar-refractivity contribution in [2.45, 2.75) is 206 Å². The Morgan fingerprint density at radius 3 is 0.545 bits per heavy atom. The Labute approximate surface area is 215 Å². The van der Waals surface area contributed by atoms with Crippen molar-refractivity contribution in [3.8, 4) is 0 Å². The molecule has 0 unspecified atom stereocenters. The molecule has 0 N–H and O–H groups in total. The van der Waals surface area contributed by atoms with Gasteiger partial charge in [0.1, 0.15) is 0 Å². The first kappa shape index (κ1) is 33.2. The molecule has 0 nitrogen and oxygen atoms in total. The fraction of sp³-hybridized carbons (Fsp3) is 1.00. The monoisotopic (exact) mass is 481 g/mol. The van der Waals surface area contributed by atoms with Crippen LogP contribution >= 0.6 is 0 Å². The fourth-order valence-corrected chi connectivity index (χ4v) is 5.77. The zero-order valence-corrected chi connectivity index (χ0v) is 25.9. The minimum Gasteiger partial charge on any atom is -0.0658 e. The summed E-state index contributed by atoms with van der Waals surface area (Å²) in [6.45, 7) is 2.31. The number of rotatable bonds is 30. The average Bonchev–Trinajstić information content (AvgIpc) is 2.83. The minimum atomic E-state index is 1.38. The number of unbranched alkanes of at least 4 members (excludes halogenated alkanes) is 29. The van der Waals surface area contributed by atoms with Crippen LogP contribution in [0.1, 0.15) is 200 Å². The zero-order chi connectivity index (χ0) is 23.9. The summed E-state index contributed by atoms with van der Waals surface area (Å²) in [6.07, 6.45) is 44.7. The lowest BCUT2D eigenvalue weighted by atomic mass is 10.0. The summed E-state index contributed by atoms with van der Waals surface area (Å²) in [6, 6.07) is 1.51. The van der Waals surface area contributed by atoms with E-state index in [0.717, 1.165) is 0 Å². The van der Waals surface area contributed by atoms with Gasteiger partial charge in [-0.15, -0.1) is 0 Å². The van der Waals surface area contributed by atoms with E-state index in [2.05, 4.69) is 6.92 Å². The molecule has 1 heteroatoms. The van der Waals surface area contributed by atoms with E-state index < -0.39 is 0 Å². The standard InChI is InChI=1S/C32H68Si/c1-2-3-4-5-6-7-8-9-10-11-12-13-14-15-16-17-18-19-20-21-22-23-24-25-26-27-28-29-30-31-32-33/h2-32H2,1,33H3. The van der Waals surface area contributed by atoms with Crippen LogP contribution in [0.3, 0.4) is 0 Å². The van der Waals surface area contributed by atoms with Crippen LogP contribution in [-0.2, 0) is 0 Å².